The number of nitrogens with two attached hydrogens (primary N) is 1. The first-order valence-corrected chi connectivity index (χ1v) is 8.22. The Morgan fingerprint density at radius 2 is 2.08 bits per heavy atom. The van der Waals surface area contributed by atoms with Crippen molar-refractivity contribution in [2.75, 3.05) is 13.7 Å². The van der Waals surface area contributed by atoms with Gasteiger partial charge >= 0.3 is 0 Å². The van der Waals surface area contributed by atoms with Crippen LogP contribution in [0.15, 0.2) is 30.5 Å². The van der Waals surface area contributed by atoms with E-state index in [9.17, 15) is 14.0 Å². The molecular weight excluding hydrogens is 341 g/mol. The molecule has 1 aromatic heterocycles. The molecule has 2 atom stereocenters. The molecule has 1 fully saturated rings. The minimum atomic E-state index is -1.08. The number of ether oxygens (including phenoxy) is 1. The van der Waals surface area contributed by atoms with Gasteiger partial charge < -0.3 is 15.4 Å². The lowest BCUT2D eigenvalue weighted by molar-refractivity contribution is -0.131. The van der Waals surface area contributed by atoms with Gasteiger partial charge in [0.2, 0.25) is 5.91 Å². The van der Waals surface area contributed by atoms with E-state index in [1.54, 1.807) is 19.2 Å². The predicted octanol–water partition coefficient (Wildman–Crippen LogP) is 0.567. The second-order valence-electron chi connectivity index (χ2n) is 6.25. The van der Waals surface area contributed by atoms with Crippen molar-refractivity contribution in [3.05, 3.63) is 41.7 Å². The second-order valence-corrected chi connectivity index (χ2v) is 6.25. The molecular formula is C17H20FN5O3. The molecule has 0 aliphatic carbocycles. The van der Waals surface area contributed by atoms with Crippen molar-refractivity contribution >= 4 is 11.8 Å². The van der Waals surface area contributed by atoms with Crippen LogP contribution in [0.3, 0.4) is 0 Å². The third-order valence-corrected chi connectivity index (χ3v) is 4.39. The lowest BCUT2D eigenvalue weighted by Crippen LogP contribution is -2.39. The van der Waals surface area contributed by atoms with Crippen molar-refractivity contribution in [1.82, 2.24) is 19.9 Å². The zero-order valence-electron chi connectivity index (χ0n) is 14.3. The number of carbonyl (C=O) groups excluding carboxylic acids is 2. The fourth-order valence-electron chi connectivity index (χ4n) is 3.07. The summed E-state index contributed by atoms with van der Waals surface area (Å²) < 4.78 is 20.4. The van der Waals surface area contributed by atoms with Crippen LogP contribution in [0.1, 0.15) is 22.5 Å². The van der Waals surface area contributed by atoms with Gasteiger partial charge in [-0.2, -0.15) is 0 Å². The van der Waals surface area contributed by atoms with Gasteiger partial charge in [0.1, 0.15) is 11.9 Å². The number of nitrogens with zero attached hydrogens (tertiary/aromatic N) is 4. The highest BCUT2D eigenvalue weighted by Gasteiger charge is 2.35. The number of benzene rings is 1. The van der Waals surface area contributed by atoms with E-state index in [-0.39, 0.29) is 43.6 Å². The van der Waals surface area contributed by atoms with Crippen LogP contribution in [0.4, 0.5) is 4.39 Å². The van der Waals surface area contributed by atoms with Crippen LogP contribution in [0.25, 0.3) is 0 Å². The first kappa shape index (κ1) is 17.8. The average Bonchev–Trinajstić information content (AvgIpc) is 3.22. The number of hydrogen-bond acceptors (Lipinski definition) is 5. The molecule has 0 spiro atoms. The molecule has 0 bridgehead atoms. The molecule has 0 saturated carbocycles. The molecule has 2 amide bonds. The summed E-state index contributed by atoms with van der Waals surface area (Å²) in [7, 11) is 1.57. The fourth-order valence-corrected chi connectivity index (χ4v) is 3.07. The predicted molar refractivity (Wildman–Crippen MR) is 90.3 cm³/mol. The van der Waals surface area contributed by atoms with Gasteiger partial charge in [0, 0.05) is 6.42 Å². The van der Waals surface area contributed by atoms with Crippen molar-refractivity contribution in [2.24, 2.45) is 5.73 Å². The summed E-state index contributed by atoms with van der Waals surface area (Å²) in [6.45, 7) is 0.312. The number of rotatable bonds is 6. The molecule has 2 unspecified atom stereocenters. The minimum Gasteiger partial charge on any atom is -0.497 e. The quantitative estimate of drug-likeness (QED) is 0.810. The largest absolute Gasteiger partial charge is 0.497 e. The topological polar surface area (TPSA) is 103 Å². The first-order chi connectivity index (χ1) is 12.5. The number of carbonyl (C=O) groups is 2. The van der Waals surface area contributed by atoms with Gasteiger partial charge in [-0.1, -0.05) is 17.3 Å². The lowest BCUT2D eigenvalue weighted by Gasteiger charge is -2.24. The Kier molecular flexibility index (Phi) is 5.15. The van der Waals surface area contributed by atoms with Crippen LogP contribution < -0.4 is 10.5 Å². The fraction of sp³-hybridized carbons (Fsp3) is 0.412. The number of methoxy groups -OCH3 is 1. The molecule has 2 N–H and O–H groups in total. The number of likely N-dealkylation sites (tertiary alicyclic amines) is 1. The smallest absolute Gasteiger partial charge is 0.270 e. The van der Waals surface area contributed by atoms with E-state index in [2.05, 4.69) is 10.3 Å². The van der Waals surface area contributed by atoms with Crippen LogP contribution in [-0.2, 0) is 17.8 Å². The molecule has 9 heteroatoms. The Balaban J connectivity index is 1.67. The highest BCUT2D eigenvalue weighted by atomic mass is 19.1. The van der Waals surface area contributed by atoms with Gasteiger partial charge in [0.05, 0.1) is 38.9 Å². The normalized spacial score (nSPS) is 19.5. The summed E-state index contributed by atoms with van der Waals surface area (Å²) in [6.07, 6.45) is 0.719. The molecule has 1 aliphatic heterocycles. The zero-order valence-corrected chi connectivity index (χ0v) is 14.3. The minimum absolute atomic E-state index is 0.0379. The van der Waals surface area contributed by atoms with Crippen LogP contribution in [-0.4, -0.2) is 57.6 Å². The van der Waals surface area contributed by atoms with E-state index in [1.807, 2.05) is 12.1 Å². The standard InChI is InChI=1S/C17H20FN5O3/c1-26-14-4-2-11(3-5-14)6-16(24)23-8-12(18)7-13(23)9-22-10-15(17(19)25)20-21-22/h2-5,10,12-13H,6-9H2,1H3,(H2,19,25). The summed E-state index contributed by atoms with van der Waals surface area (Å²) in [6, 6.07) is 6.83. The second kappa shape index (κ2) is 7.51. The molecule has 2 heterocycles. The van der Waals surface area contributed by atoms with Gasteiger partial charge in [0.15, 0.2) is 5.69 Å². The zero-order chi connectivity index (χ0) is 18.7. The van der Waals surface area contributed by atoms with Gasteiger partial charge in [-0.05, 0) is 17.7 Å². The van der Waals surface area contributed by atoms with E-state index in [1.165, 1.54) is 15.8 Å². The molecule has 1 aliphatic rings. The number of alkyl halides is 1. The Hall–Kier alpha value is -2.97. The Morgan fingerprint density at radius 3 is 2.69 bits per heavy atom. The summed E-state index contributed by atoms with van der Waals surface area (Å²) in [5, 5.41) is 7.47. The van der Waals surface area contributed by atoms with Crippen molar-refractivity contribution < 1.29 is 18.7 Å². The number of hydrogen-bond donors (Lipinski definition) is 1. The Labute approximate surface area is 149 Å². The maximum Gasteiger partial charge on any atom is 0.270 e. The maximum atomic E-state index is 13.9. The van der Waals surface area contributed by atoms with Crippen molar-refractivity contribution in [3.8, 4) is 5.75 Å². The van der Waals surface area contributed by atoms with E-state index in [0.29, 0.717) is 5.75 Å². The molecule has 1 aromatic carbocycles. The maximum absolute atomic E-state index is 13.9. The van der Waals surface area contributed by atoms with Crippen LogP contribution in [0, 0.1) is 0 Å². The van der Waals surface area contributed by atoms with E-state index in [0.717, 1.165) is 5.56 Å². The molecule has 2 aromatic rings. The van der Waals surface area contributed by atoms with Crippen LogP contribution >= 0.6 is 0 Å². The van der Waals surface area contributed by atoms with Crippen LogP contribution in [0.5, 0.6) is 5.75 Å². The molecule has 0 radical (unpaired) electrons. The van der Waals surface area contributed by atoms with Crippen molar-refractivity contribution in [2.45, 2.75) is 31.6 Å². The number of halogens is 1. The number of amides is 2. The third kappa shape index (κ3) is 3.98. The van der Waals surface area contributed by atoms with E-state index >= 15 is 0 Å². The van der Waals surface area contributed by atoms with Crippen molar-refractivity contribution in [3.63, 3.8) is 0 Å². The van der Waals surface area contributed by atoms with E-state index < -0.39 is 12.1 Å². The summed E-state index contributed by atoms with van der Waals surface area (Å²) in [5.41, 5.74) is 6.02. The van der Waals surface area contributed by atoms with Gasteiger partial charge in [-0.15, -0.1) is 5.10 Å². The van der Waals surface area contributed by atoms with Crippen molar-refractivity contribution in [1.29, 1.82) is 0 Å². The van der Waals surface area contributed by atoms with E-state index in [4.69, 9.17) is 10.5 Å². The van der Waals surface area contributed by atoms with Gasteiger partial charge in [-0.25, -0.2) is 9.07 Å². The van der Waals surface area contributed by atoms with Crippen LogP contribution in [0.2, 0.25) is 0 Å². The number of primary amides is 1. The lowest BCUT2D eigenvalue weighted by atomic mass is 10.1. The molecule has 138 valence electrons. The highest BCUT2D eigenvalue weighted by molar-refractivity contribution is 5.90. The molecule has 1 saturated heterocycles. The monoisotopic (exact) mass is 361 g/mol. The summed E-state index contributed by atoms with van der Waals surface area (Å²) >= 11 is 0. The first-order valence-electron chi connectivity index (χ1n) is 8.22. The average molecular weight is 361 g/mol. The van der Waals surface area contributed by atoms with Gasteiger partial charge in [-0.3, -0.25) is 9.59 Å². The SMILES string of the molecule is COc1ccc(CC(=O)N2CC(F)CC2Cn2cc(C(N)=O)nn2)cc1. The Morgan fingerprint density at radius 1 is 1.35 bits per heavy atom. The number of aromatic nitrogens is 3. The Bertz CT molecular complexity index is 792. The van der Waals surface area contributed by atoms with Gasteiger partial charge in [0.25, 0.3) is 5.91 Å². The molecule has 26 heavy (non-hydrogen) atoms. The highest BCUT2D eigenvalue weighted by Crippen LogP contribution is 2.23. The molecule has 8 nitrogen and oxygen atoms in total. The summed E-state index contributed by atoms with van der Waals surface area (Å²) in [4.78, 5) is 25.3. The summed E-state index contributed by atoms with van der Waals surface area (Å²) in [5.74, 6) is -0.130. The molecule has 3 rings (SSSR count). The third-order valence-electron chi connectivity index (χ3n) is 4.39.